The number of hydrogen-bond donors (Lipinski definition) is 3. The molecule has 34 heavy (non-hydrogen) atoms. The number of carbonyl (C=O) groups excluding carboxylic acids is 1. The topological polar surface area (TPSA) is 83.9 Å². The van der Waals surface area contributed by atoms with Crippen LogP contribution in [0.1, 0.15) is 0 Å². The summed E-state index contributed by atoms with van der Waals surface area (Å²) in [6.07, 6.45) is 0. The van der Waals surface area contributed by atoms with Crippen molar-refractivity contribution in [3.8, 4) is 17.1 Å². The Bertz CT molecular complexity index is 1320. The molecule has 0 aliphatic heterocycles. The van der Waals surface area contributed by atoms with Crippen LogP contribution in [0.4, 0.5) is 14.5 Å². The number of aromatic nitrogens is 3. The zero-order chi connectivity index (χ0) is 23.9. The average Bonchev–Trinajstić information content (AvgIpc) is 3.27. The first-order valence-corrected chi connectivity index (χ1v) is 11.4. The third-order valence-electron chi connectivity index (χ3n) is 4.53. The molecule has 0 bridgehead atoms. The van der Waals surface area contributed by atoms with E-state index in [4.69, 9.17) is 12.2 Å². The van der Waals surface area contributed by atoms with Crippen LogP contribution < -0.4 is 16.2 Å². The molecule has 172 valence electrons. The number of thioether (sulfide) groups is 1. The average molecular weight is 497 g/mol. The standard InChI is InChI=1S/C23H18F2N6OS2/c24-17-11-5-4-10-16(17)21-28-30-23(31(21)15-8-2-1-3-9-15)34-14-20(32)27-29-22(33)26-19-13-7-6-12-18(19)25/h1-13H,14H2,(H,27,32)(H2,26,29,33). The number of carbonyl (C=O) groups is 1. The smallest absolute Gasteiger partial charge is 0.248 e. The summed E-state index contributed by atoms with van der Waals surface area (Å²) < 4.78 is 29.8. The monoisotopic (exact) mass is 496 g/mol. The fourth-order valence-corrected chi connectivity index (χ4v) is 3.91. The highest BCUT2D eigenvalue weighted by Crippen LogP contribution is 2.29. The first kappa shape index (κ1) is 23.3. The van der Waals surface area contributed by atoms with Gasteiger partial charge >= 0.3 is 0 Å². The van der Waals surface area contributed by atoms with Crippen LogP contribution in [0.3, 0.4) is 0 Å². The number of rotatable bonds is 6. The van der Waals surface area contributed by atoms with Crippen molar-refractivity contribution in [2.75, 3.05) is 11.1 Å². The predicted octanol–water partition coefficient (Wildman–Crippen LogP) is 4.32. The van der Waals surface area contributed by atoms with E-state index in [2.05, 4.69) is 26.4 Å². The van der Waals surface area contributed by atoms with Gasteiger partial charge in [-0.1, -0.05) is 54.2 Å². The zero-order valence-electron chi connectivity index (χ0n) is 17.5. The Morgan fingerprint density at radius 3 is 2.29 bits per heavy atom. The highest BCUT2D eigenvalue weighted by atomic mass is 32.2. The maximum absolute atomic E-state index is 14.4. The largest absolute Gasteiger partial charge is 0.329 e. The number of para-hydroxylation sites is 2. The van der Waals surface area contributed by atoms with E-state index in [1.54, 1.807) is 34.9 Å². The Labute approximate surface area is 203 Å². The van der Waals surface area contributed by atoms with Gasteiger partial charge in [0.1, 0.15) is 11.6 Å². The third-order valence-corrected chi connectivity index (χ3v) is 5.67. The lowest BCUT2D eigenvalue weighted by molar-refractivity contribution is -0.119. The van der Waals surface area contributed by atoms with Crippen molar-refractivity contribution in [2.45, 2.75) is 5.16 Å². The molecular weight excluding hydrogens is 478 g/mol. The van der Waals surface area contributed by atoms with Crippen molar-refractivity contribution >= 4 is 40.7 Å². The molecule has 0 fully saturated rings. The van der Waals surface area contributed by atoms with E-state index in [0.29, 0.717) is 16.5 Å². The van der Waals surface area contributed by atoms with Crippen LogP contribution in [0.2, 0.25) is 0 Å². The molecule has 4 aromatic rings. The fraction of sp³-hybridized carbons (Fsp3) is 0.0435. The van der Waals surface area contributed by atoms with Crippen LogP contribution in [-0.2, 0) is 4.79 Å². The van der Waals surface area contributed by atoms with E-state index < -0.39 is 17.5 Å². The summed E-state index contributed by atoms with van der Waals surface area (Å²) in [5.74, 6) is -1.02. The minimum absolute atomic E-state index is 0.0257. The van der Waals surface area contributed by atoms with Gasteiger partial charge in [-0.2, -0.15) is 0 Å². The van der Waals surface area contributed by atoms with E-state index in [0.717, 1.165) is 17.4 Å². The molecule has 1 heterocycles. The molecule has 4 rings (SSSR count). The SMILES string of the molecule is O=C(CSc1nnc(-c2ccccc2F)n1-c1ccccc1)NNC(=S)Nc1ccccc1F. The van der Waals surface area contributed by atoms with Gasteiger partial charge in [0.05, 0.1) is 17.0 Å². The molecule has 1 amide bonds. The summed E-state index contributed by atoms with van der Waals surface area (Å²) in [4.78, 5) is 12.3. The number of hydrogen-bond acceptors (Lipinski definition) is 5. The molecule has 0 atom stereocenters. The van der Waals surface area contributed by atoms with Crippen LogP contribution in [0.25, 0.3) is 17.1 Å². The maximum Gasteiger partial charge on any atom is 0.248 e. The number of benzene rings is 3. The molecule has 0 unspecified atom stereocenters. The van der Waals surface area contributed by atoms with Crippen molar-refractivity contribution in [2.24, 2.45) is 0 Å². The molecule has 7 nitrogen and oxygen atoms in total. The van der Waals surface area contributed by atoms with Gasteiger partial charge in [-0.05, 0) is 48.6 Å². The molecule has 0 saturated carbocycles. The van der Waals surface area contributed by atoms with Crippen molar-refractivity contribution in [1.82, 2.24) is 25.6 Å². The Morgan fingerprint density at radius 2 is 1.56 bits per heavy atom. The Kier molecular flexibility index (Phi) is 7.45. The molecule has 3 N–H and O–H groups in total. The molecule has 0 radical (unpaired) electrons. The number of hydrazine groups is 1. The van der Waals surface area contributed by atoms with Gasteiger partial charge in [0.25, 0.3) is 0 Å². The summed E-state index contributed by atoms with van der Waals surface area (Å²) in [6, 6.07) is 21.5. The summed E-state index contributed by atoms with van der Waals surface area (Å²) in [7, 11) is 0. The fourth-order valence-electron chi connectivity index (χ4n) is 3.00. The van der Waals surface area contributed by atoms with Crippen molar-refractivity contribution in [3.63, 3.8) is 0 Å². The van der Waals surface area contributed by atoms with Crippen molar-refractivity contribution in [3.05, 3.63) is 90.5 Å². The van der Waals surface area contributed by atoms with Crippen molar-refractivity contribution in [1.29, 1.82) is 0 Å². The van der Waals surface area contributed by atoms with E-state index in [1.165, 1.54) is 18.2 Å². The minimum atomic E-state index is -0.473. The Balaban J connectivity index is 1.44. The van der Waals surface area contributed by atoms with Crippen LogP contribution in [0, 0.1) is 11.6 Å². The lowest BCUT2D eigenvalue weighted by atomic mass is 10.2. The highest BCUT2D eigenvalue weighted by Gasteiger charge is 2.19. The number of nitrogens with zero attached hydrogens (tertiary/aromatic N) is 3. The highest BCUT2D eigenvalue weighted by molar-refractivity contribution is 7.99. The van der Waals surface area contributed by atoms with Gasteiger partial charge in [0, 0.05) is 5.69 Å². The minimum Gasteiger partial charge on any atom is -0.329 e. The number of thiocarbonyl (C=S) groups is 1. The van der Waals surface area contributed by atoms with E-state index in [1.807, 2.05) is 30.3 Å². The first-order chi connectivity index (χ1) is 16.5. The van der Waals surface area contributed by atoms with Gasteiger partial charge in [-0.25, -0.2) is 8.78 Å². The normalized spacial score (nSPS) is 10.5. The second-order valence-electron chi connectivity index (χ2n) is 6.85. The molecule has 1 aromatic heterocycles. The van der Waals surface area contributed by atoms with E-state index >= 15 is 0 Å². The van der Waals surface area contributed by atoms with Crippen LogP contribution in [0.5, 0.6) is 0 Å². The predicted molar refractivity (Wildman–Crippen MR) is 131 cm³/mol. The molecule has 0 aliphatic carbocycles. The molecule has 3 aromatic carbocycles. The Morgan fingerprint density at radius 1 is 0.882 bits per heavy atom. The number of nitrogens with one attached hydrogen (secondary N) is 3. The lowest BCUT2D eigenvalue weighted by Gasteiger charge is -2.12. The third kappa shape index (κ3) is 5.56. The van der Waals surface area contributed by atoms with E-state index in [-0.39, 0.29) is 16.6 Å². The summed E-state index contributed by atoms with van der Waals surface area (Å²) in [5, 5.41) is 11.4. The quantitative estimate of drug-likeness (QED) is 0.208. The van der Waals surface area contributed by atoms with E-state index in [9.17, 15) is 13.6 Å². The molecular formula is C23H18F2N6OS2. The summed E-state index contributed by atoms with van der Waals surface area (Å²) >= 11 is 6.19. The first-order valence-electron chi connectivity index (χ1n) is 10.0. The van der Waals surface area contributed by atoms with Crippen LogP contribution in [-0.4, -0.2) is 31.5 Å². The Hall–Kier alpha value is -3.83. The van der Waals surface area contributed by atoms with Gasteiger partial charge in [0.2, 0.25) is 5.91 Å². The number of halogens is 2. The van der Waals surface area contributed by atoms with Gasteiger partial charge < -0.3 is 5.32 Å². The summed E-state index contributed by atoms with van der Waals surface area (Å²) in [6.45, 7) is 0. The van der Waals surface area contributed by atoms with Gasteiger partial charge in [0.15, 0.2) is 16.1 Å². The summed E-state index contributed by atoms with van der Waals surface area (Å²) in [5.41, 5.74) is 6.17. The molecule has 0 saturated heterocycles. The molecule has 11 heteroatoms. The van der Waals surface area contributed by atoms with Gasteiger partial charge in [-0.3, -0.25) is 20.2 Å². The van der Waals surface area contributed by atoms with Gasteiger partial charge in [-0.15, -0.1) is 10.2 Å². The zero-order valence-corrected chi connectivity index (χ0v) is 19.2. The molecule has 0 aliphatic rings. The van der Waals surface area contributed by atoms with Crippen LogP contribution in [0.15, 0.2) is 84.0 Å². The number of anilines is 1. The molecule has 0 spiro atoms. The second-order valence-corrected chi connectivity index (χ2v) is 8.20. The second kappa shape index (κ2) is 10.9. The maximum atomic E-state index is 14.4. The van der Waals surface area contributed by atoms with Crippen LogP contribution >= 0.6 is 24.0 Å². The van der Waals surface area contributed by atoms with Crippen molar-refractivity contribution < 1.29 is 13.6 Å². The number of amides is 1. The lowest BCUT2D eigenvalue weighted by Crippen LogP contribution is -2.44.